The third kappa shape index (κ3) is 1.30. The summed E-state index contributed by atoms with van der Waals surface area (Å²) in [5.41, 5.74) is -0.958. The second-order valence-electron chi connectivity index (χ2n) is 5.46. The maximum atomic E-state index is 12.0. The number of hydrogen-bond donors (Lipinski definition) is 1. The Morgan fingerprint density at radius 1 is 1.07 bits per heavy atom. The summed E-state index contributed by atoms with van der Waals surface area (Å²) in [5, 5.41) is 11.4. The van der Waals surface area contributed by atoms with Crippen LogP contribution in [-0.4, -0.2) is 27.1 Å². The van der Waals surface area contributed by atoms with E-state index in [1.165, 1.54) is 5.06 Å². The Morgan fingerprint density at radius 3 is 1.64 bits per heavy atom. The van der Waals surface area contributed by atoms with E-state index in [2.05, 4.69) is 0 Å². The van der Waals surface area contributed by atoms with Gasteiger partial charge in [0.15, 0.2) is 0 Å². The second-order valence-corrected chi connectivity index (χ2v) is 5.46. The van der Waals surface area contributed by atoms with Gasteiger partial charge in [-0.2, -0.15) is 5.06 Å². The molecule has 0 radical (unpaired) electrons. The van der Waals surface area contributed by atoms with Gasteiger partial charge in [-0.15, -0.1) is 0 Å². The Balaban J connectivity index is 3.15. The summed E-state index contributed by atoms with van der Waals surface area (Å²) in [6, 6.07) is 0. The van der Waals surface area contributed by atoms with E-state index in [9.17, 15) is 10.0 Å². The second kappa shape index (κ2) is 3.04. The van der Waals surface area contributed by atoms with Crippen LogP contribution in [0.5, 0.6) is 0 Å². The Hall–Kier alpha value is -0.410. The van der Waals surface area contributed by atoms with Crippen molar-refractivity contribution < 1.29 is 10.0 Å². The molecule has 2 unspecified atom stereocenters. The van der Waals surface area contributed by atoms with E-state index in [1.54, 1.807) is 0 Å². The van der Waals surface area contributed by atoms with E-state index in [0.29, 0.717) is 0 Å². The largest absolute Gasteiger partial charge is 0.313 e. The minimum Gasteiger partial charge on any atom is -0.313 e. The summed E-state index contributed by atoms with van der Waals surface area (Å²) in [7, 11) is 0. The summed E-state index contributed by atoms with van der Waals surface area (Å²) < 4.78 is 0. The number of rotatable bonds is 0. The van der Waals surface area contributed by atoms with Crippen LogP contribution in [0.1, 0.15) is 41.5 Å². The quantitative estimate of drug-likeness (QED) is 0.649. The Morgan fingerprint density at radius 2 is 1.36 bits per heavy atom. The Kier molecular flexibility index (Phi) is 2.53. The zero-order valence-electron chi connectivity index (χ0n) is 9.96. The predicted octanol–water partition coefficient (Wildman–Crippen LogP) is 2.09. The molecule has 1 fully saturated rings. The van der Waals surface area contributed by atoms with E-state index in [4.69, 9.17) is 0 Å². The minimum absolute atomic E-state index is 0.129. The van der Waals surface area contributed by atoms with E-state index in [1.807, 2.05) is 41.5 Å². The van der Waals surface area contributed by atoms with Crippen molar-refractivity contribution in [1.29, 1.82) is 0 Å². The zero-order chi connectivity index (χ0) is 11.3. The fourth-order valence-electron chi connectivity index (χ4n) is 2.18. The summed E-state index contributed by atoms with van der Waals surface area (Å²) >= 11 is 0. The summed E-state index contributed by atoms with van der Waals surface area (Å²) in [6.45, 7) is 11.4. The molecule has 3 nitrogen and oxygen atoms in total. The van der Waals surface area contributed by atoms with E-state index in [0.717, 1.165) is 0 Å². The van der Waals surface area contributed by atoms with Gasteiger partial charge in [-0.3, -0.25) is 4.79 Å². The molecule has 1 aliphatic heterocycles. The minimum atomic E-state index is -0.479. The van der Waals surface area contributed by atoms with Crippen LogP contribution < -0.4 is 0 Å². The van der Waals surface area contributed by atoms with Crippen molar-refractivity contribution in [2.45, 2.75) is 52.6 Å². The van der Waals surface area contributed by atoms with Gasteiger partial charge in [0.25, 0.3) is 0 Å². The van der Waals surface area contributed by atoms with Crippen LogP contribution in [0.4, 0.5) is 0 Å². The predicted molar refractivity (Wildman–Crippen MR) is 55.1 cm³/mol. The molecular formula is C11H21NO2. The number of nitrogens with zero attached hydrogens (tertiary/aromatic N) is 1. The first-order chi connectivity index (χ1) is 6.13. The molecule has 0 amide bonds. The highest BCUT2D eigenvalue weighted by molar-refractivity contribution is 5.86. The molecule has 0 bridgehead atoms. The van der Waals surface area contributed by atoms with Crippen LogP contribution in [0.2, 0.25) is 0 Å². The number of carbonyl (C=O) groups is 1. The molecule has 1 N–H and O–H groups in total. The SMILES string of the molecule is CC1C(=O)C(C)C(C)(C)N(O)C1(C)C. The first-order valence-electron chi connectivity index (χ1n) is 5.16. The molecule has 2 atom stereocenters. The highest BCUT2D eigenvalue weighted by atomic mass is 16.5. The van der Waals surface area contributed by atoms with Gasteiger partial charge < -0.3 is 5.21 Å². The molecule has 1 saturated heterocycles. The van der Waals surface area contributed by atoms with Crippen LogP contribution in [0.25, 0.3) is 0 Å². The van der Waals surface area contributed by atoms with Crippen molar-refractivity contribution in [3.05, 3.63) is 0 Å². The van der Waals surface area contributed by atoms with Crippen LogP contribution >= 0.6 is 0 Å². The molecule has 0 aliphatic carbocycles. The molecule has 0 aromatic carbocycles. The van der Waals surface area contributed by atoms with Crippen LogP contribution in [0.15, 0.2) is 0 Å². The fourth-order valence-corrected chi connectivity index (χ4v) is 2.18. The van der Waals surface area contributed by atoms with E-state index >= 15 is 0 Å². The van der Waals surface area contributed by atoms with Gasteiger partial charge in [0, 0.05) is 11.8 Å². The molecule has 1 rings (SSSR count). The average Bonchev–Trinajstić information content (AvgIpc) is 2.11. The van der Waals surface area contributed by atoms with Crippen molar-refractivity contribution in [2.75, 3.05) is 0 Å². The molecule has 0 aromatic heterocycles. The molecule has 14 heavy (non-hydrogen) atoms. The lowest BCUT2D eigenvalue weighted by atomic mass is 9.68. The van der Waals surface area contributed by atoms with Crippen molar-refractivity contribution in [3.8, 4) is 0 Å². The monoisotopic (exact) mass is 199 g/mol. The van der Waals surface area contributed by atoms with Gasteiger partial charge in [0.2, 0.25) is 0 Å². The smallest absolute Gasteiger partial charge is 0.142 e. The van der Waals surface area contributed by atoms with Crippen LogP contribution in [0, 0.1) is 11.8 Å². The number of hydroxylamine groups is 2. The van der Waals surface area contributed by atoms with E-state index in [-0.39, 0.29) is 17.6 Å². The van der Waals surface area contributed by atoms with Gasteiger partial charge in [-0.05, 0) is 27.7 Å². The number of ketones is 1. The number of carbonyl (C=O) groups excluding carboxylic acids is 1. The van der Waals surface area contributed by atoms with Crippen molar-refractivity contribution >= 4 is 5.78 Å². The standard InChI is InChI=1S/C11H21NO2/c1-7-9(13)8(2)11(5,6)12(14)10(7,3)4/h7-8,14H,1-6H3. The lowest BCUT2D eigenvalue weighted by molar-refractivity contribution is -0.261. The van der Waals surface area contributed by atoms with Crippen LogP contribution in [-0.2, 0) is 4.79 Å². The summed E-state index contributed by atoms with van der Waals surface area (Å²) in [6.07, 6.45) is 0. The highest BCUT2D eigenvalue weighted by Crippen LogP contribution is 2.41. The van der Waals surface area contributed by atoms with Crippen LogP contribution in [0.3, 0.4) is 0 Å². The maximum absolute atomic E-state index is 12.0. The molecule has 0 spiro atoms. The number of hydrogen-bond acceptors (Lipinski definition) is 3. The molecule has 3 heteroatoms. The normalized spacial score (nSPS) is 37.2. The van der Waals surface area contributed by atoms with Gasteiger partial charge in [-0.25, -0.2) is 0 Å². The van der Waals surface area contributed by atoms with Gasteiger partial charge >= 0.3 is 0 Å². The third-order valence-electron chi connectivity index (χ3n) is 4.06. The molecule has 0 aromatic rings. The summed E-state index contributed by atoms with van der Waals surface area (Å²) in [5.74, 6) is -0.0173. The molecule has 82 valence electrons. The molecule has 1 aliphatic rings. The Bertz CT molecular complexity index is 234. The lowest BCUT2D eigenvalue weighted by Gasteiger charge is -2.54. The topological polar surface area (TPSA) is 40.5 Å². The van der Waals surface area contributed by atoms with Gasteiger partial charge in [0.05, 0.1) is 11.1 Å². The molecule has 1 heterocycles. The maximum Gasteiger partial charge on any atom is 0.142 e. The van der Waals surface area contributed by atoms with Crippen molar-refractivity contribution in [2.24, 2.45) is 11.8 Å². The Labute approximate surface area is 86.1 Å². The highest BCUT2D eigenvalue weighted by Gasteiger charge is 2.53. The first-order valence-corrected chi connectivity index (χ1v) is 5.16. The lowest BCUT2D eigenvalue weighted by Crippen LogP contribution is -2.67. The zero-order valence-corrected chi connectivity index (χ0v) is 9.96. The fraction of sp³-hybridized carbons (Fsp3) is 0.909. The molecular weight excluding hydrogens is 178 g/mol. The molecule has 0 saturated carbocycles. The van der Waals surface area contributed by atoms with Crippen molar-refractivity contribution in [3.63, 3.8) is 0 Å². The summed E-state index contributed by atoms with van der Waals surface area (Å²) in [4.78, 5) is 12.0. The average molecular weight is 199 g/mol. The van der Waals surface area contributed by atoms with E-state index < -0.39 is 11.1 Å². The van der Waals surface area contributed by atoms with Gasteiger partial charge in [-0.1, -0.05) is 13.8 Å². The first kappa shape index (κ1) is 11.7. The number of Topliss-reactive ketones (excluding diaryl/α,β-unsaturated/α-hetero) is 1. The van der Waals surface area contributed by atoms with Crippen molar-refractivity contribution in [1.82, 2.24) is 5.06 Å². The third-order valence-corrected chi connectivity index (χ3v) is 4.06. The van der Waals surface area contributed by atoms with Gasteiger partial charge in [0.1, 0.15) is 5.78 Å². The number of piperidine rings is 1.